The van der Waals surface area contributed by atoms with Gasteiger partial charge in [0.05, 0.1) is 33.6 Å². The number of nitrogens with zero attached hydrogens (tertiary/aromatic N) is 4. The monoisotopic (exact) mass is 482 g/mol. The topological polar surface area (TPSA) is 138 Å². The Bertz CT molecular complexity index is 1360. The molecule has 1 saturated heterocycles. The zero-order valence-corrected chi connectivity index (χ0v) is 19.2. The van der Waals surface area contributed by atoms with E-state index in [1.165, 1.54) is 35.3 Å². The lowest BCUT2D eigenvalue weighted by Gasteiger charge is -2.47. The van der Waals surface area contributed by atoms with Gasteiger partial charge in [-0.25, -0.2) is 9.78 Å². The van der Waals surface area contributed by atoms with Gasteiger partial charge in [0.25, 0.3) is 5.69 Å². The van der Waals surface area contributed by atoms with Crippen LogP contribution in [0.2, 0.25) is 0 Å². The summed E-state index contributed by atoms with van der Waals surface area (Å²) in [4.78, 5) is 43.2. The van der Waals surface area contributed by atoms with Gasteiger partial charge in [-0.1, -0.05) is 19.1 Å². The molecule has 11 heteroatoms. The molecule has 2 aliphatic heterocycles. The molecule has 3 aromatic rings. The summed E-state index contributed by atoms with van der Waals surface area (Å²) in [5.74, 6) is -2.71. The number of carboxylic acids is 1. The Morgan fingerprint density at radius 1 is 1.32 bits per heavy atom. The van der Waals surface area contributed by atoms with Gasteiger partial charge >= 0.3 is 5.97 Å². The van der Waals surface area contributed by atoms with Crippen LogP contribution in [0.1, 0.15) is 30.0 Å². The predicted molar refractivity (Wildman–Crippen MR) is 123 cm³/mol. The minimum Gasteiger partial charge on any atom is -0.477 e. The van der Waals surface area contributed by atoms with Crippen molar-refractivity contribution >= 4 is 39.3 Å². The smallest absolute Gasteiger partial charge is 0.352 e. The first kappa shape index (κ1) is 22.2. The summed E-state index contributed by atoms with van der Waals surface area (Å²) in [7, 11) is 0. The Morgan fingerprint density at radius 3 is 2.62 bits per heavy atom. The lowest BCUT2D eigenvalue weighted by Crippen LogP contribution is -2.64. The molecule has 0 saturated carbocycles. The summed E-state index contributed by atoms with van der Waals surface area (Å²) in [5, 5.41) is 31.5. The SMILES string of the molecule is CCc1ncn2cc(C3=C(C(=O)O)N4C(=O)[C@H]([C@@H](C)O)[C@H]4C3Cc3ccc([N+](=O)[O-])cc3)sc12. The van der Waals surface area contributed by atoms with Crippen LogP contribution in [0.3, 0.4) is 0 Å². The van der Waals surface area contributed by atoms with Crippen molar-refractivity contribution in [1.82, 2.24) is 14.3 Å². The molecule has 4 heterocycles. The van der Waals surface area contributed by atoms with Gasteiger partial charge < -0.3 is 15.1 Å². The van der Waals surface area contributed by atoms with E-state index < -0.39 is 40.8 Å². The minimum atomic E-state index is -1.20. The Balaban J connectivity index is 1.64. The molecule has 2 N–H and O–H groups in total. The van der Waals surface area contributed by atoms with E-state index in [4.69, 9.17) is 0 Å². The normalized spacial score (nSPS) is 22.7. The lowest BCUT2D eigenvalue weighted by atomic mass is 9.74. The van der Waals surface area contributed by atoms with Crippen molar-refractivity contribution in [1.29, 1.82) is 0 Å². The number of fused-ring (bicyclic) bond motifs is 2. The molecule has 2 aromatic heterocycles. The molecule has 0 radical (unpaired) electrons. The van der Waals surface area contributed by atoms with E-state index in [1.54, 1.807) is 18.5 Å². The number of aliphatic hydroxyl groups excluding tert-OH is 1. The first-order valence-electron chi connectivity index (χ1n) is 10.9. The molecule has 1 amide bonds. The number of aryl methyl sites for hydroxylation is 1. The Labute approximate surface area is 197 Å². The second kappa shape index (κ2) is 8.03. The fraction of sp³-hybridized carbons (Fsp3) is 0.348. The van der Waals surface area contributed by atoms with E-state index >= 15 is 0 Å². The number of benzene rings is 1. The quantitative estimate of drug-likeness (QED) is 0.300. The van der Waals surface area contributed by atoms with E-state index in [1.807, 2.05) is 17.5 Å². The Morgan fingerprint density at radius 2 is 2.03 bits per heavy atom. The highest BCUT2D eigenvalue weighted by molar-refractivity contribution is 7.18. The summed E-state index contributed by atoms with van der Waals surface area (Å²) >= 11 is 1.43. The van der Waals surface area contributed by atoms with Crippen LogP contribution in [0.5, 0.6) is 0 Å². The lowest BCUT2D eigenvalue weighted by molar-refractivity contribution is -0.384. The predicted octanol–water partition coefficient (Wildman–Crippen LogP) is 2.74. The summed E-state index contributed by atoms with van der Waals surface area (Å²) in [6.45, 7) is 3.53. The third-order valence-corrected chi connectivity index (χ3v) is 7.86. The van der Waals surface area contributed by atoms with Crippen molar-refractivity contribution in [2.75, 3.05) is 0 Å². The maximum absolute atomic E-state index is 12.9. The average molecular weight is 483 g/mol. The number of β-lactam (4-membered cyclic amide) rings is 1. The van der Waals surface area contributed by atoms with Crippen LogP contribution in [0.15, 0.2) is 42.5 Å². The van der Waals surface area contributed by atoms with Crippen molar-refractivity contribution in [2.45, 2.75) is 38.8 Å². The standard InChI is InChI=1S/C23H22N4O6S/c1-3-15-22-25(10-24-15)9-16(34-22)18-14(8-12-4-6-13(7-5-12)27(32)33)19-17(11(2)28)21(29)26(19)20(18)23(30)31/h4-7,9-11,14,17,19,28H,3,8H2,1-2H3,(H,30,31)/t11-,14?,17-,19-/m1/s1. The number of aliphatic hydroxyl groups is 1. The molecule has 0 bridgehead atoms. The number of imidazole rings is 1. The molecule has 1 fully saturated rings. The van der Waals surface area contributed by atoms with Crippen LogP contribution in [0.25, 0.3) is 10.4 Å². The van der Waals surface area contributed by atoms with Crippen molar-refractivity contribution in [3.63, 3.8) is 0 Å². The van der Waals surface area contributed by atoms with Crippen LogP contribution in [-0.4, -0.2) is 53.4 Å². The fourth-order valence-corrected chi connectivity index (χ4v) is 6.41. The first-order chi connectivity index (χ1) is 16.2. The summed E-state index contributed by atoms with van der Waals surface area (Å²) in [5.41, 5.74) is 2.13. The van der Waals surface area contributed by atoms with Gasteiger partial charge in [-0.15, -0.1) is 11.3 Å². The maximum atomic E-state index is 12.9. The molecule has 34 heavy (non-hydrogen) atoms. The number of nitro groups is 1. The molecule has 1 unspecified atom stereocenters. The number of aliphatic carboxylic acids is 1. The molecule has 2 aliphatic rings. The zero-order valence-electron chi connectivity index (χ0n) is 18.4. The fourth-order valence-electron chi connectivity index (χ4n) is 5.15. The highest BCUT2D eigenvalue weighted by atomic mass is 32.1. The van der Waals surface area contributed by atoms with Crippen LogP contribution >= 0.6 is 11.3 Å². The molecule has 4 atom stereocenters. The number of nitro benzene ring substituents is 1. The highest BCUT2D eigenvalue weighted by Crippen LogP contribution is 2.52. The second-order valence-electron chi connectivity index (χ2n) is 8.62. The van der Waals surface area contributed by atoms with Crippen LogP contribution < -0.4 is 0 Å². The highest BCUT2D eigenvalue weighted by Gasteiger charge is 2.61. The largest absolute Gasteiger partial charge is 0.477 e. The van der Waals surface area contributed by atoms with Gasteiger partial charge in [-0.2, -0.15) is 0 Å². The summed E-state index contributed by atoms with van der Waals surface area (Å²) in [6, 6.07) is 5.62. The Hall–Kier alpha value is -3.57. The van der Waals surface area contributed by atoms with Crippen LogP contribution in [0, 0.1) is 22.0 Å². The zero-order chi connectivity index (χ0) is 24.3. The summed E-state index contributed by atoms with van der Waals surface area (Å²) < 4.78 is 1.86. The van der Waals surface area contributed by atoms with E-state index in [0.29, 0.717) is 12.0 Å². The van der Waals surface area contributed by atoms with Gasteiger partial charge in [0.1, 0.15) is 16.9 Å². The number of thiazole rings is 1. The number of carbonyl (C=O) groups is 2. The third-order valence-electron chi connectivity index (χ3n) is 6.68. The van der Waals surface area contributed by atoms with Crippen LogP contribution in [0.4, 0.5) is 5.69 Å². The third kappa shape index (κ3) is 3.23. The number of carbonyl (C=O) groups excluding carboxylic acids is 1. The van der Waals surface area contributed by atoms with Crippen molar-refractivity contribution in [3.8, 4) is 0 Å². The number of non-ortho nitro benzene ring substituents is 1. The van der Waals surface area contributed by atoms with E-state index in [0.717, 1.165) is 27.4 Å². The molecular weight excluding hydrogens is 460 g/mol. The first-order valence-corrected chi connectivity index (χ1v) is 11.7. The van der Waals surface area contributed by atoms with E-state index in [9.17, 15) is 29.9 Å². The second-order valence-corrected chi connectivity index (χ2v) is 9.65. The van der Waals surface area contributed by atoms with E-state index in [2.05, 4.69) is 4.98 Å². The molecule has 0 aliphatic carbocycles. The number of amides is 1. The average Bonchev–Trinajstić information content (AvgIpc) is 3.43. The van der Waals surface area contributed by atoms with Gasteiger partial charge in [0, 0.05) is 29.8 Å². The number of aromatic nitrogens is 2. The number of rotatable bonds is 7. The van der Waals surface area contributed by atoms with Gasteiger partial charge in [-0.3, -0.25) is 19.3 Å². The van der Waals surface area contributed by atoms with Gasteiger partial charge in [-0.05, 0) is 25.3 Å². The summed E-state index contributed by atoms with van der Waals surface area (Å²) in [6.07, 6.45) is 3.69. The maximum Gasteiger partial charge on any atom is 0.352 e. The molecule has 5 rings (SSSR count). The van der Waals surface area contributed by atoms with Crippen molar-refractivity contribution in [3.05, 3.63) is 68.7 Å². The van der Waals surface area contributed by atoms with Crippen molar-refractivity contribution < 1.29 is 24.7 Å². The molecular formula is C23H22N4O6S. The van der Waals surface area contributed by atoms with Gasteiger partial charge in [0.15, 0.2) is 0 Å². The molecule has 176 valence electrons. The van der Waals surface area contributed by atoms with Crippen molar-refractivity contribution in [2.24, 2.45) is 11.8 Å². The molecule has 0 spiro atoms. The van der Waals surface area contributed by atoms with Crippen LogP contribution in [-0.2, 0) is 22.4 Å². The number of carboxylic acid groups (broad SMARTS) is 1. The van der Waals surface area contributed by atoms with Gasteiger partial charge in [0.2, 0.25) is 5.91 Å². The minimum absolute atomic E-state index is 0.0348. The molecule has 10 nitrogen and oxygen atoms in total. The Kier molecular flexibility index (Phi) is 5.25. The number of hydrogen-bond acceptors (Lipinski definition) is 7. The van der Waals surface area contributed by atoms with E-state index in [-0.39, 0.29) is 11.4 Å². The molecule has 1 aromatic carbocycles. The number of hydrogen-bond donors (Lipinski definition) is 2.